The number of hydrogen-bond donors (Lipinski definition) is 1. The van der Waals surface area contributed by atoms with Crippen LogP contribution in [0.25, 0.3) is 5.76 Å². The average molecular weight is 443 g/mol. The lowest BCUT2D eigenvalue weighted by atomic mass is 9.89. The molecule has 1 aliphatic carbocycles. The van der Waals surface area contributed by atoms with E-state index < -0.39 is 17.7 Å². The van der Waals surface area contributed by atoms with E-state index in [-0.39, 0.29) is 17.9 Å². The fourth-order valence-electron chi connectivity index (χ4n) is 4.79. The van der Waals surface area contributed by atoms with Crippen LogP contribution in [0.3, 0.4) is 0 Å². The summed E-state index contributed by atoms with van der Waals surface area (Å²) < 4.78 is 10.9. The maximum absolute atomic E-state index is 13.2. The fraction of sp³-hybridized carbons (Fsp3) is 0.259. The van der Waals surface area contributed by atoms with Gasteiger partial charge in [0.05, 0.1) is 18.9 Å². The van der Waals surface area contributed by atoms with Gasteiger partial charge in [0.25, 0.3) is 11.7 Å². The molecule has 5 rings (SSSR count). The monoisotopic (exact) mass is 443 g/mol. The Bertz CT molecular complexity index is 1240. The second kappa shape index (κ2) is 8.62. The topological polar surface area (TPSA) is 80.0 Å². The van der Waals surface area contributed by atoms with Gasteiger partial charge in [-0.1, -0.05) is 24.3 Å². The Morgan fingerprint density at radius 2 is 1.88 bits per heavy atom. The zero-order valence-corrected chi connectivity index (χ0v) is 18.4. The van der Waals surface area contributed by atoms with Gasteiger partial charge in [0.2, 0.25) is 0 Å². The summed E-state index contributed by atoms with van der Waals surface area (Å²) in [7, 11) is 1.58. The van der Waals surface area contributed by atoms with Gasteiger partial charge in [-0.05, 0) is 72.7 Å². The second-order valence-corrected chi connectivity index (χ2v) is 8.48. The highest BCUT2D eigenvalue weighted by Crippen LogP contribution is 2.41. The molecular weight excluding hydrogens is 418 g/mol. The van der Waals surface area contributed by atoms with Crippen molar-refractivity contribution in [3.8, 4) is 5.75 Å². The first-order chi connectivity index (χ1) is 16.1. The third-order valence-electron chi connectivity index (χ3n) is 6.46. The summed E-state index contributed by atoms with van der Waals surface area (Å²) in [5.41, 5.74) is 3.87. The summed E-state index contributed by atoms with van der Waals surface area (Å²) in [5, 5.41) is 11.3. The molecule has 0 bridgehead atoms. The van der Waals surface area contributed by atoms with Crippen molar-refractivity contribution in [2.45, 2.75) is 38.3 Å². The molecule has 1 aromatic heterocycles. The number of rotatable bonds is 5. The number of ketones is 1. The first-order valence-corrected chi connectivity index (χ1v) is 11.1. The van der Waals surface area contributed by atoms with Crippen LogP contribution in [0.5, 0.6) is 5.75 Å². The van der Waals surface area contributed by atoms with Gasteiger partial charge in [-0.3, -0.25) is 9.59 Å². The molecular formula is C27H25NO5. The number of carbonyl (C=O) groups excluding carboxylic acids is 2. The first-order valence-electron chi connectivity index (χ1n) is 11.1. The van der Waals surface area contributed by atoms with Crippen LogP contribution in [0.4, 0.5) is 0 Å². The number of amides is 1. The molecule has 6 nitrogen and oxygen atoms in total. The molecule has 33 heavy (non-hydrogen) atoms. The van der Waals surface area contributed by atoms with Crippen molar-refractivity contribution < 1.29 is 23.8 Å². The van der Waals surface area contributed by atoms with Gasteiger partial charge < -0.3 is 19.2 Å². The van der Waals surface area contributed by atoms with Crippen molar-refractivity contribution in [3.63, 3.8) is 0 Å². The maximum Gasteiger partial charge on any atom is 0.296 e. The van der Waals surface area contributed by atoms with Crippen LogP contribution in [0.15, 0.2) is 70.9 Å². The number of aliphatic hydroxyl groups is 1. The number of aryl methyl sites for hydroxylation is 2. The van der Waals surface area contributed by atoms with Crippen LogP contribution in [-0.4, -0.2) is 28.8 Å². The summed E-state index contributed by atoms with van der Waals surface area (Å²) in [6.07, 6.45) is 5.73. The minimum atomic E-state index is -0.817. The number of methoxy groups -OCH3 is 1. The molecule has 1 amide bonds. The summed E-state index contributed by atoms with van der Waals surface area (Å²) in [5.74, 6) is -0.464. The number of furan rings is 1. The number of benzene rings is 2. The number of aliphatic hydroxyl groups excluding tert-OH is 1. The molecule has 3 aromatic rings. The summed E-state index contributed by atoms with van der Waals surface area (Å²) in [4.78, 5) is 27.7. The van der Waals surface area contributed by atoms with Crippen LogP contribution in [0.2, 0.25) is 0 Å². The van der Waals surface area contributed by atoms with Crippen molar-refractivity contribution in [2.24, 2.45) is 0 Å². The van der Waals surface area contributed by atoms with E-state index >= 15 is 0 Å². The zero-order valence-electron chi connectivity index (χ0n) is 18.4. The second-order valence-electron chi connectivity index (χ2n) is 8.48. The van der Waals surface area contributed by atoms with Gasteiger partial charge in [0, 0.05) is 12.1 Å². The number of carbonyl (C=O) groups is 2. The van der Waals surface area contributed by atoms with Crippen LogP contribution in [-0.2, 0) is 29.0 Å². The SMILES string of the molecule is COc1cccc(CN2C(=O)C(=O)/C(=C(\O)c3ccc4c(c3)CCCC4)C2c2ccco2)c1. The van der Waals surface area contributed by atoms with E-state index in [0.717, 1.165) is 31.2 Å². The highest BCUT2D eigenvalue weighted by molar-refractivity contribution is 6.46. The largest absolute Gasteiger partial charge is 0.507 e. The molecule has 0 radical (unpaired) electrons. The molecule has 0 spiro atoms. The quantitative estimate of drug-likeness (QED) is 0.348. The highest BCUT2D eigenvalue weighted by atomic mass is 16.5. The molecule has 1 atom stereocenters. The van der Waals surface area contributed by atoms with E-state index in [4.69, 9.17) is 9.15 Å². The lowest BCUT2D eigenvalue weighted by Gasteiger charge is -2.23. The van der Waals surface area contributed by atoms with Gasteiger partial charge in [-0.25, -0.2) is 0 Å². The number of fused-ring (bicyclic) bond motifs is 1. The Balaban J connectivity index is 1.59. The van der Waals surface area contributed by atoms with E-state index in [1.807, 2.05) is 42.5 Å². The minimum absolute atomic E-state index is 0.0496. The van der Waals surface area contributed by atoms with Gasteiger partial charge >= 0.3 is 0 Å². The molecule has 2 aromatic carbocycles. The predicted molar refractivity (Wildman–Crippen MR) is 123 cm³/mol. The smallest absolute Gasteiger partial charge is 0.296 e. The fourth-order valence-corrected chi connectivity index (χ4v) is 4.79. The normalized spacial score (nSPS) is 19.5. The Morgan fingerprint density at radius 1 is 1.06 bits per heavy atom. The summed E-state index contributed by atoms with van der Waals surface area (Å²) in [6, 6.07) is 15.7. The predicted octanol–water partition coefficient (Wildman–Crippen LogP) is 4.79. The third kappa shape index (κ3) is 3.82. The number of likely N-dealkylation sites (tertiary alicyclic amines) is 1. The number of ether oxygens (including phenoxy) is 1. The van der Waals surface area contributed by atoms with Crippen molar-refractivity contribution >= 4 is 17.4 Å². The standard InChI is InChI=1S/C27H25NO5/c1-32-21-9-4-6-17(14-21)16-28-24(22-10-5-13-33-22)23(26(30)27(28)31)25(29)20-12-11-18-7-2-3-8-19(18)15-20/h4-6,9-15,24,29H,2-3,7-8,16H2,1H3/b25-23-. The lowest BCUT2D eigenvalue weighted by Crippen LogP contribution is -2.29. The first kappa shape index (κ1) is 21.1. The summed E-state index contributed by atoms with van der Waals surface area (Å²) >= 11 is 0. The van der Waals surface area contributed by atoms with Crippen LogP contribution in [0.1, 0.15) is 46.9 Å². The third-order valence-corrected chi connectivity index (χ3v) is 6.46. The van der Waals surface area contributed by atoms with E-state index in [1.165, 1.54) is 22.3 Å². The maximum atomic E-state index is 13.2. The van der Waals surface area contributed by atoms with E-state index in [9.17, 15) is 14.7 Å². The zero-order chi connectivity index (χ0) is 22.9. The molecule has 6 heteroatoms. The van der Waals surface area contributed by atoms with Gasteiger partial charge in [-0.15, -0.1) is 0 Å². The average Bonchev–Trinajstić information content (AvgIpc) is 3.46. The molecule has 1 unspecified atom stereocenters. The van der Waals surface area contributed by atoms with E-state index in [0.29, 0.717) is 17.1 Å². The van der Waals surface area contributed by atoms with Crippen molar-refractivity contribution in [1.29, 1.82) is 0 Å². The van der Waals surface area contributed by atoms with Gasteiger partial charge in [-0.2, -0.15) is 0 Å². The van der Waals surface area contributed by atoms with E-state index in [2.05, 4.69) is 0 Å². The minimum Gasteiger partial charge on any atom is -0.507 e. The number of hydrogen-bond acceptors (Lipinski definition) is 5. The highest BCUT2D eigenvalue weighted by Gasteiger charge is 2.47. The molecule has 1 N–H and O–H groups in total. The van der Waals surface area contributed by atoms with Crippen molar-refractivity contribution in [2.75, 3.05) is 7.11 Å². The van der Waals surface area contributed by atoms with Crippen LogP contribution < -0.4 is 4.74 Å². The molecule has 1 fully saturated rings. The molecule has 1 aliphatic heterocycles. The Morgan fingerprint density at radius 3 is 2.64 bits per heavy atom. The summed E-state index contributed by atoms with van der Waals surface area (Å²) in [6.45, 7) is 0.175. The molecule has 2 heterocycles. The molecule has 0 saturated carbocycles. The van der Waals surface area contributed by atoms with E-state index in [1.54, 1.807) is 19.2 Å². The van der Waals surface area contributed by atoms with Crippen LogP contribution in [0, 0.1) is 0 Å². The van der Waals surface area contributed by atoms with Gasteiger partial charge in [0.1, 0.15) is 23.3 Å². The Kier molecular flexibility index (Phi) is 5.50. The molecule has 1 saturated heterocycles. The van der Waals surface area contributed by atoms with Crippen molar-refractivity contribution in [1.82, 2.24) is 4.90 Å². The Labute approximate surface area is 192 Å². The number of Topliss-reactive ketones (excluding diaryl/α,β-unsaturated/α-hetero) is 1. The molecule has 168 valence electrons. The lowest BCUT2D eigenvalue weighted by molar-refractivity contribution is -0.140. The van der Waals surface area contributed by atoms with Crippen molar-refractivity contribution in [3.05, 3.63) is 94.4 Å². The van der Waals surface area contributed by atoms with Gasteiger partial charge in [0.15, 0.2) is 0 Å². The van der Waals surface area contributed by atoms with Crippen LogP contribution >= 0.6 is 0 Å². The molecule has 2 aliphatic rings. The Hall–Kier alpha value is -3.80. The number of nitrogens with zero attached hydrogens (tertiary/aromatic N) is 1.